The normalized spacial score (nSPS) is 23.5. The van der Waals surface area contributed by atoms with Crippen molar-refractivity contribution in [3.05, 3.63) is 45.7 Å². The third kappa shape index (κ3) is 4.91. The zero-order chi connectivity index (χ0) is 19.6. The molecule has 1 aliphatic heterocycles. The molecule has 0 amide bonds. The third-order valence-corrected chi connectivity index (χ3v) is 7.23. The lowest BCUT2D eigenvalue weighted by atomic mass is 9.96. The second-order valence-corrected chi connectivity index (χ2v) is 9.29. The van der Waals surface area contributed by atoms with Gasteiger partial charge < -0.3 is 14.7 Å². The number of aromatic nitrogens is 1. The Balaban J connectivity index is 1.35. The zero-order valence-corrected chi connectivity index (χ0v) is 17.3. The number of aliphatic hydroxyl groups is 1. The first-order chi connectivity index (χ1) is 13.5. The molecule has 1 aromatic heterocycles. The maximum Gasteiger partial charge on any atom is 0.125 e. The molecule has 28 heavy (non-hydrogen) atoms. The third-order valence-electron chi connectivity index (χ3n) is 5.82. The molecule has 1 saturated heterocycles. The van der Waals surface area contributed by atoms with Crippen LogP contribution in [-0.2, 0) is 12.0 Å². The Hall–Kier alpha value is -1.50. The maximum absolute atomic E-state index is 13.0. The lowest BCUT2D eigenvalue weighted by Crippen LogP contribution is -2.30. The fourth-order valence-electron chi connectivity index (χ4n) is 3.89. The number of rotatable bonds is 7. The van der Waals surface area contributed by atoms with Crippen LogP contribution in [0.3, 0.4) is 0 Å². The van der Waals surface area contributed by atoms with Gasteiger partial charge in [-0.05, 0) is 75.8 Å². The van der Waals surface area contributed by atoms with Crippen LogP contribution in [0.1, 0.15) is 47.7 Å². The molecule has 4 rings (SSSR count). The molecule has 0 unspecified atom stereocenters. The van der Waals surface area contributed by atoms with E-state index in [0.29, 0.717) is 12.4 Å². The van der Waals surface area contributed by atoms with Gasteiger partial charge in [-0.25, -0.2) is 9.37 Å². The lowest BCUT2D eigenvalue weighted by molar-refractivity contribution is 0.0208. The second kappa shape index (κ2) is 8.47. The molecule has 1 aliphatic carbocycles. The molecular formula is C22H29FN2O2S. The van der Waals surface area contributed by atoms with E-state index in [9.17, 15) is 9.50 Å². The molecule has 2 heterocycles. The first kappa shape index (κ1) is 19.8. The molecule has 2 aliphatic rings. The van der Waals surface area contributed by atoms with E-state index < -0.39 is 5.60 Å². The summed E-state index contributed by atoms with van der Waals surface area (Å²) in [6.45, 7) is 5.75. The highest BCUT2D eigenvalue weighted by Gasteiger charge is 2.36. The first-order valence-corrected chi connectivity index (χ1v) is 11.1. The van der Waals surface area contributed by atoms with E-state index in [1.165, 1.54) is 31.5 Å². The monoisotopic (exact) mass is 404 g/mol. The Morgan fingerprint density at radius 2 is 2.04 bits per heavy atom. The largest absolute Gasteiger partial charge is 0.493 e. The molecular weight excluding hydrogens is 375 g/mol. The molecule has 0 spiro atoms. The van der Waals surface area contributed by atoms with Gasteiger partial charge in [0.2, 0.25) is 0 Å². The van der Waals surface area contributed by atoms with Crippen molar-refractivity contribution in [1.82, 2.24) is 9.88 Å². The summed E-state index contributed by atoms with van der Waals surface area (Å²) in [6.07, 6.45) is 6.05. The van der Waals surface area contributed by atoms with Crippen LogP contribution < -0.4 is 4.74 Å². The summed E-state index contributed by atoms with van der Waals surface area (Å²) in [4.78, 5) is 8.41. The number of aryl methyl sites for hydroxylation is 1. The van der Waals surface area contributed by atoms with Crippen molar-refractivity contribution in [1.29, 1.82) is 0 Å². The number of likely N-dealkylation sites (tertiary alicyclic amines) is 1. The van der Waals surface area contributed by atoms with Crippen LogP contribution in [0.4, 0.5) is 4.39 Å². The molecule has 1 aromatic carbocycles. The number of hydrogen-bond acceptors (Lipinski definition) is 5. The molecule has 1 atom stereocenters. The average Bonchev–Trinajstić information content (AvgIpc) is 3.45. The second-order valence-electron chi connectivity index (χ2n) is 8.21. The summed E-state index contributed by atoms with van der Waals surface area (Å²) < 4.78 is 18.7. The maximum atomic E-state index is 13.0. The smallest absolute Gasteiger partial charge is 0.125 e. The Labute approximate surface area is 170 Å². The quantitative estimate of drug-likeness (QED) is 0.748. The molecule has 1 saturated carbocycles. The van der Waals surface area contributed by atoms with Crippen LogP contribution in [0.25, 0.3) is 0 Å². The van der Waals surface area contributed by atoms with Crippen LogP contribution in [0.15, 0.2) is 24.3 Å². The number of ether oxygens (including phenoxy) is 1. The lowest BCUT2D eigenvalue weighted by Gasteiger charge is -2.24. The van der Waals surface area contributed by atoms with E-state index in [0.717, 1.165) is 60.3 Å². The highest BCUT2D eigenvalue weighted by Crippen LogP contribution is 2.38. The van der Waals surface area contributed by atoms with E-state index >= 15 is 0 Å². The van der Waals surface area contributed by atoms with Gasteiger partial charge in [-0.2, -0.15) is 0 Å². The number of halogens is 1. The predicted molar refractivity (Wildman–Crippen MR) is 109 cm³/mol. The van der Waals surface area contributed by atoms with Crippen LogP contribution in [0.2, 0.25) is 0 Å². The zero-order valence-electron chi connectivity index (χ0n) is 16.5. The minimum atomic E-state index is -0.802. The minimum Gasteiger partial charge on any atom is -0.493 e. The summed E-state index contributed by atoms with van der Waals surface area (Å²) in [5.41, 5.74) is 0.180. The van der Waals surface area contributed by atoms with Crippen LogP contribution >= 0.6 is 11.3 Å². The van der Waals surface area contributed by atoms with Crippen molar-refractivity contribution in [2.45, 2.75) is 51.0 Å². The van der Waals surface area contributed by atoms with Gasteiger partial charge in [-0.15, -0.1) is 11.3 Å². The number of nitrogens with zero attached hydrogens (tertiary/aromatic N) is 2. The highest BCUT2D eigenvalue weighted by atomic mass is 32.1. The molecule has 0 radical (unpaired) electrons. The Bertz CT molecular complexity index is 790. The fraction of sp³-hybridized carbons (Fsp3) is 0.591. The highest BCUT2D eigenvalue weighted by molar-refractivity contribution is 7.11. The van der Waals surface area contributed by atoms with Gasteiger partial charge in [-0.3, -0.25) is 0 Å². The number of benzene rings is 1. The first-order valence-electron chi connectivity index (χ1n) is 10.3. The van der Waals surface area contributed by atoms with E-state index in [1.807, 2.05) is 6.92 Å². The summed E-state index contributed by atoms with van der Waals surface area (Å²) in [6, 6.07) is 6.09. The number of thiazole rings is 1. The van der Waals surface area contributed by atoms with Crippen molar-refractivity contribution in [3.8, 4) is 5.75 Å². The Morgan fingerprint density at radius 1 is 1.25 bits per heavy atom. The standard InChI is InChI=1S/C22H29FN2O2S/c1-16-20(9-14-27-19-7-5-18(23)6-8-19)28-21(24-16)22(26)10-2-12-25(13-11-22)15-17-3-4-17/h5-8,17,26H,2-4,9-15H2,1H3/t22-/m0/s1. The van der Waals surface area contributed by atoms with Crippen LogP contribution in [0, 0.1) is 18.7 Å². The summed E-state index contributed by atoms with van der Waals surface area (Å²) >= 11 is 1.62. The SMILES string of the molecule is Cc1nc([C@]2(O)CCCN(CC3CC3)CC2)sc1CCOc1ccc(F)cc1. The molecule has 0 bridgehead atoms. The van der Waals surface area contributed by atoms with Crippen molar-refractivity contribution >= 4 is 11.3 Å². The van der Waals surface area contributed by atoms with Crippen molar-refractivity contribution < 1.29 is 14.2 Å². The average molecular weight is 405 g/mol. The van der Waals surface area contributed by atoms with Crippen molar-refractivity contribution in [2.24, 2.45) is 5.92 Å². The van der Waals surface area contributed by atoms with Gasteiger partial charge in [0.05, 0.1) is 12.3 Å². The van der Waals surface area contributed by atoms with Gasteiger partial charge >= 0.3 is 0 Å². The Kier molecular flexibility index (Phi) is 5.99. The molecule has 1 N–H and O–H groups in total. The summed E-state index contributed by atoms with van der Waals surface area (Å²) in [5, 5.41) is 12.2. The van der Waals surface area contributed by atoms with Gasteiger partial charge in [0, 0.05) is 24.4 Å². The molecule has 6 heteroatoms. The molecule has 2 fully saturated rings. The van der Waals surface area contributed by atoms with Crippen LogP contribution in [-0.4, -0.2) is 41.2 Å². The van der Waals surface area contributed by atoms with E-state index in [1.54, 1.807) is 23.5 Å². The number of hydrogen-bond donors (Lipinski definition) is 1. The topological polar surface area (TPSA) is 45.6 Å². The van der Waals surface area contributed by atoms with Crippen LogP contribution in [0.5, 0.6) is 5.75 Å². The van der Waals surface area contributed by atoms with E-state index in [2.05, 4.69) is 4.90 Å². The predicted octanol–water partition coefficient (Wildman–Crippen LogP) is 4.30. The van der Waals surface area contributed by atoms with Crippen molar-refractivity contribution in [2.75, 3.05) is 26.2 Å². The molecule has 152 valence electrons. The molecule has 2 aromatic rings. The van der Waals surface area contributed by atoms with E-state index in [-0.39, 0.29) is 5.82 Å². The Morgan fingerprint density at radius 3 is 2.79 bits per heavy atom. The van der Waals surface area contributed by atoms with E-state index in [4.69, 9.17) is 9.72 Å². The van der Waals surface area contributed by atoms with Gasteiger partial charge in [-0.1, -0.05) is 0 Å². The van der Waals surface area contributed by atoms with Gasteiger partial charge in [0.1, 0.15) is 22.2 Å². The summed E-state index contributed by atoms with van der Waals surface area (Å²) in [5.74, 6) is 1.30. The summed E-state index contributed by atoms with van der Waals surface area (Å²) in [7, 11) is 0. The van der Waals surface area contributed by atoms with Gasteiger partial charge in [0.15, 0.2) is 0 Å². The van der Waals surface area contributed by atoms with Gasteiger partial charge in [0.25, 0.3) is 0 Å². The fourth-order valence-corrected chi connectivity index (χ4v) is 5.08. The van der Waals surface area contributed by atoms with Crippen molar-refractivity contribution in [3.63, 3.8) is 0 Å². The molecule has 4 nitrogen and oxygen atoms in total. The minimum absolute atomic E-state index is 0.261.